The number of hydrogen-bond acceptors (Lipinski definition) is 5. The first-order chi connectivity index (χ1) is 12.2. The molecule has 4 heterocycles. The van der Waals surface area contributed by atoms with Gasteiger partial charge in [-0.2, -0.15) is 0 Å². The Morgan fingerprint density at radius 2 is 2.23 bits per heavy atom. The van der Waals surface area contributed by atoms with E-state index in [-0.39, 0.29) is 23.3 Å². The average molecular weight is 359 g/mol. The summed E-state index contributed by atoms with van der Waals surface area (Å²) in [4.78, 5) is 29.7. The van der Waals surface area contributed by atoms with Crippen LogP contribution >= 0.6 is 0 Å². The van der Waals surface area contributed by atoms with Crippen LogP contribution in [-0.4, -0.2) is 58.6 Å². The van der Waals surface area contributed by atoms with E-state index in [1.807, 2.05) is 17.1 Å². The molecular weight excluding hydrogens is 334 g/mol. The second-order valence-electron chi connectivity index (χ2n) is 8.84. The second kappa shape index (κ2) is 5.67. The third kappa shape index (κ3) is 2.65. The van der Waals surface area contributed by atoms with Crippen LogP contribution in [0.1, 0.15) is 26.5 Å². The van der Waals surface area contributed by atoms with Crippen LogP contribution in [0.5, 0.6) is 0 Å². The Labute approximate surface area is 152 Å². The van der Waals surface area contributed by atoms with E-state index < -0.39 is 17.4 Å². The smallest absolute Gasteiger partial charge is 0.230 e. The van der Waals surface area contributed by atoms with Gasteiger partial charge < -0.3 is 19.1 Å². The van der Waals surface area contributed by atoms with Gasteiger partial charge in [-0.05, 0) is 5.41 Å². The number of fused-ring (bicyclic) bond motifs is 1. The van der Waals surface area contributed by atoms with Crippen molar-refractivity contribution in [2.24, 2.45) is 17.3 Å². The minimum absolute atomic E-state index is 0.00406. The van der Waals surface area contributed by atoms with Gasteiger partial charge in [-0.15, -0.1) is 0 Å². The minimum Gasteiger partial charge on any atom is -0.364 e. The van der Waals surface area contributed by atoms with E-state index in [9.17, 15) is 9.59 Å². The maximum Gasteiger partial charge on any atom is 0.230 e. The molecule has 1 aromatic heterocycles. The number of amides is 2. The van der Waals surface area contributed by atoms with Crippen LogP contribution in [0.3, 0.4) is 0 Å². The topological polar surface area (TPSA) is 75.9 Å². The van der Waals surface area contributed by atoms with Gasteiger partial charge in [0.2, 0.25) is 11.8 Å². The van der Waals surface area contributed by atoms with Gasteiger partial charge in [-0.3, -0.25) is 9.59 Å². The first kappa shape index (κ1) is 17.3. The van der Waals surface area contributed by atoms with Crippen LogP contribution in [0.25, 0.3) is 0 Å². The van der Waals surface area contributed by atoms with Crippen molar-refractivity contribution in [1.82, 2.24) is 15.0 Å². The van der Waals surface area contributed by atoms with Crippen molar-refractivity contribution in [3.63, 3.8) is 0 Å². The molecule has 0 aliphatic carbocycles. The quantitative estimate of drug-likeness (QED) is 0.761. The lowest BCUT2D eigenvalue weighted by Crippen LogP contribution is -2.45. The van der Waals surface area contributed by atoms with Crippen LogP contribution in [0.15, 0.2) is 29.0 Å². The van der Waals surface area contributed by atoms with Crippen molar-refractivity contribution in [1.29, 1.82) is 0 Å². The highest BCUT2D eigenvalue weighted by atomic mass is 16.5. The molecule has 1 spiro atoms. The predicted octanol–water partition coefficient (Wildman–Crippen LogP) is 1.46. The number of likely N-dealkylation sites (tertiary alicyclic amines) is 1. The van der Waals surface area contributed by atoms with E-state index in [4.69, 9.17) is 9.26 Å². The lowest BCUT2D eigenvalue weighted by Gasteiger charge is -2.29. The van der Waals surface area contributed by atoms with Gasteiger partial charge in [0.15, 0.2) is 0 Å². The van der Waals surface area contributed by atoms with E-state index in [1.54, 1.807) is 18.0 Å². The van der Waals surface area contributed by atoms with E-state index in [2.05, 4.69) is 25.9 Å². The molecular formula is C19H25N3O4. The number of carbonyl (C=O) groups excluding carboxylic acids is 2. The number of hydrogen-bond donors (Lipinski definition) is 0. The number of nitrogens with zero attached hydrogens (tertiary/aromatic N) is 3. The summed E-state index contributed by atoms with van der Waals surface area (Å²) in [5, 5.41) is 3.86. The summed E-state index contributed by atoms with van der Waals surface area (Å²) >= 11 is 0. The zero-order chi connectivity index (χ0) is 18.7. The van der Waals surface area contributed by atoms with Crippen LogP contribution in [-0.2, 0) is 20.9 Å². The summed E-state index contributed by atoms with van der Waals surface area (Å²) in [6, 6.07) is 1.73. The zero-order valence-corrected chi connectivity index (χ0v) is 15.6. The van der Waals surface area contributed by atoms with Crippen molar-refractivity contribution < 1.29 is 18.8 Å². The fourth-order valence-corrected chi connectivity index (χ4v) is 4.46. The van der Waals surface area contributed by atoms with E-state index >= 15 is 0 Å². The molecule has 7 nitrogen and oxygen atoms in total. The summed E-state index contributed by atoms with van der Waals surface area (Å²) in [5.74, 6) is -0.971. The molecule has 26 heavy (non-hydrogen) atoms. The molecule has 4 atom stereocenters. The maximum absolute atomic E-state index is 13.1. The van der Waals surface area contributed by atoms with Crippen molar-refractivity contribution in [2.75, 3.05) is 20.1 Å². The fourth-order valence-electron chi connectivity index (χ4n) is 4.46. The molecule has 2 saturated heterocycles. The first-order valence-corrected chi connectivity index (χ1v) is 9.00. The second-order valence-corrected chi connectivity index (χ2v) is 8.84. The fraction of sp³-hybridized carbons (Fsp3) is 0.632. The monoisotopic (exact) mass is 359 g/mol. The zero-order valence-electron chi connectivity index (χ0n) is 15.6. The molecule has 3 aliphatic rings. The molecule has 3 aliphatic heterocycles. The number of aromatic nitrogens is 1. The van der Waals surface area contributed by atoms with E-state index in [0.717, 1.165) is 0 Å². The van der Waals surface area contributed by atoms with Crippen molar-refractivity contribution >= 4 is 11.8 Å². The molecule has 2 unspecified atom stereocenters. The standard InChI is InChI=1S/C19H25N3O4/c1-18(2,3)10-22-11-19-7-5-13(26-19)14(15(19)17(22)24)16(23)21(4)9-12-6-8-25-20-12/h5-8,13-15H,9-11H2,1-4H3/t13-,14?,15?,19-/m1/s1. The molecule has 140 valence electrons. The highest BCUT2D eigenvalue weighted by molar-refractivity contribution is 5.93. The molecule has 7 heteroatoms. The van der Waals surface area contributed by atoms with Crippen LogP contribution in [0.4, 0.5) is 0 Å². The summed E-state index contributed by atoms with van der Waals surface area (Å²) in [5.41, 5.74) is 0.0279. The molecule has 0 radical (unpaired) electrons. The summed E-state index contributed by atoms with van der Waals surface area (Å²) < 4.78 is 11.0. The van der Waals surface area contributed by atoms with Crippen LogP contribution < -0.4 is 0 Å². The predicted molar refractivity (Wildman–Crippen MR) is 92.7 cm³/mol. The van der Waals surface area contributed by atoms with Crippen molar-refractivity contribution in [3.8, 4) is 0 Å². The van der Waals surface area contributed by atoms with E-state index in [1.165, 1.54) is 6.26 Å². The summed E-state index contributed by atoms with van der Waals surface area (Å²) in [6.07, 6.45) is 5.09. The molecule has 1 aromatic rings. The maximum atomic E-state index is 13.1. The molecule has 2 amide bonds. The third-order valence-electron chi connectivity index (χ3n) is 5.40. The highest BCUT2D eigenvalue weighted by Gasteiger charge is 2.67. The van der Waals surface area contributed by atoms with Gasteiger partial charge in [-0.25, -0.2) is 0 Å². The van der Waals surface area contributed by atoms with Gasteiger partial charge in [-0.1, -0.05) is 38.1 Å². The molecule has 0 aromatic carbocycles. The summed E-state index contributed by atoms with van der Waals surface area (Å²) in [6.45, 7) is 7.85. The van der Waals surface area contributed by atoms with Gasteiger partial charge in [0.1, 0.15) is 17.6 Å². The van der Waals surface area contributed by atoms with Gasteiger partial charge >= 0.3 is 0 Å². The highest BCUT2D eigenvalue weighted by Crippen LogP contribution is 2.52. The van der Waals surface area contributed by atoms with Crippen LogP contribution in [0, 0.1) is 17.3 Å². The summed E-state index contributed by atoms with van der Waals surface area (Å²) in [7, 11) is 1.73. The average Bonchev–Trinajstić information content (AvgIpc) is 3.29. The molecule has 2 fully saturated rings. The Bertz CT molecular complexity index is 751. The van der Waals surface area contributed by atoms with Gasteiger partial charge in [0, 0.05) is 19.7 Å². The number of carbonyl (C=O) groups is 2. The van der Waals surface area contributed by atoms with Crippen LogP contribution in [0.2, 0.25) is 0 Å². The van der Waals surface area contributed by atoms with E-state index in [0.29, 0.717) is 25.3 Å². The number of ether oxygens (including phenoxy) is 1. The van der Waals surface area contributed by atoms with Gasteiger partial charge in [0.05, 0.1) is 31.0 Å². The Balaban J connectivity index is 1.56. The van der Waals surface area contributed by atoms with Crippen molar-refractivity contribution in [2.45, 2.75) is 39.0 Å². The first-order valence-electron chi connectivity index (χ1n) is 9.00. The Morgan fingerprint density at radius 3 is 2.88 bits per heavy atom. The lowest BCUT2D eigenvalue weighted by atomic mass is 9.76. The Hall–Kier alpha value is -2.15. The number of rotatable bonds is 4. The normalized spacial score (nSPS) is 32.4. The molecule has 4 rings (SSSR count). The lowest BCUT2D eigenvalue weighted by molar-refractivity contribution is -0.143. The largest absolute Gasteiger partial charge is 0.364 e. The molecule has 2 bridgehead atoms. The Kier molecular flexibility index (Phi) is 3.77. The SMILES string of the molecule is CN(Cc1ccon1)C(=O)C1C2C(=O)N(CC(C)(C)C)C[C@]23C=C[C@H]1O3. The Morgan fingerprint density at radius 1 is 1.46 bits per heavy atom. The third-order valence-corrected chi connectivity index (χ3v) is 5.40. The molecule has 0 saturated carbocycles. The van der Waals surface area contributed by atoms with Gasteiger partial charge in [0.25, 0.3) is 0 Å². The minimum atomic E-state index is -0.651. The molecule has 0 N–H and O–H groups in total. The van der Waals surface area contributed by atoms with Crippen molar-refractivity contribution in [3.05, 3.63) is 30.2 Å².